The molecule has 0 saturated carbocycles. The van der Waals surface area contributed by atoms with Crippen LogP contribution in [0.15, 0.2) is 30.3 Å². The highest BCUT2D eigenvalue weighted by molar-refractivity contribution is 7.18. The summed E-state index contributed by atoms with van der Waals surface area (Å²) in [6.45, 7) is 5.02. The van der Waals surface area contributed by atoms with Gasteiger partial charge in [0, 0.05) is 5.92 Å². The topological polar surface area (TPSA) is 92.7 Å². The number of hydrogen-bond donors (Lipinski definition) is 2. The number of aromatic carboxylic acids is 1. The molecule has 0 atom stereocenters. The van der Waals surface area contributed by atoms with Crippen molar-refractivity contribution in [3.8, 4) is 0 Å². The van der Waals surface area contributed by atoms with Crippen LogP contribution in [0.2, 0.25) is 0 Å². The molecular weight excluding hydrogens is 342 g/mol. The molecule has 25 heavy (non-hydrogen) atoms. The first kappa shape index (κ1) is 18.7. The van der Waals surface area contributed by atoms with Crippen LogP contribution in [0.25, 0.3) is 0 Å². The highest BCUT2D eigenvalue weighted by Crippen LogP contribution is 2.34. The van der Waals surface area contributed by atoms with Gasteiger partial charge in [0.15, 0.2) is 0 Å². The number of ether oxygens (including phenoxy) is 1. The maximum absolute atomic E-state index is 12.3. The fourth-order valence-electron chi connectivity index (χ4n) is 2.10. The molecule has 6 nitrogen and oxygen atoms in total. The van der Waals surface area contributed by atoms with Gasteiger partial charge in [-0.05, 0) is 18.1 Å². The van der Waals surface area contributed by atoms with E-state index in [0.29, 0.717) is 0 Å². The van der Waals surface area contributed by atoms with Crippen molar-refractivity contribution in [3.63, 3.8) is 0 Å². The van der Waals surface area contributed by atoms with E-state index in [1.807, 2.05) is 30.3 Å². The lowest BCUT2D eigenvalue weighted by atomic mass is 10.1. The molecule has 0 bridgehead atoms. The third-order valence-electron chi connectivity index (χ3n) is 3.52. The summed E-state index contributed by atoms with van der Waals surface area (Å²) in [6, 6.07) is 9.18. The molecule has 2 aromatic rings. The lowest BCUT2D eigenvalue weighted by molar-refractivity contribution is -0.118. The van der Waals surface area contributed by atoms with E-state index >= 15 is 0 Å². The highest BCUT2D eigenvalue weighted by atomic mass is 32.1. The zero-order chi connectivity index (χ0) is 18.6. The Morgan fingerprint density at radius 1 is 1.20 bits per heavy atom. The second kappa shape index (κ2) is 7.94. The Bertz CT molecular complexity index is 795. The molecule has 7 heteroatoms. The number of esters is 1. The molecule has 0 radical (unpaired) electrons. The predicted octanol–water partition coefficient (Wildman–Crippen LogP) is 3.71. The van der Waals surface area contributed by atoms with Crippen molar-refractivity contribution in [2.75, 3.05) is 5.32 Å². The van der Waals surface area contributed by atoms with Crippen molar-refractivity contribution in [3.05, 3.63) is 51.9 Å². The van der Waals surface area contributed by atoms with Crippen molar-refractivity contribution >= 4 is 34.2 Å². The van der Waals surface area contributed by atoms with Gasteiger partial charge in [0.2, 0.25) is 5.91 Å². The first-order valence-electron chi connectivity index (χ1n) is 7.69. The summed E-state index contributed by atoms with van der Waals surface area (Å²) >= 11 is 0.916. The maximum atomic E-state index is 12.3. The third-order valence-corrected chi connectivity index (χ3v) is 4.71. The number of hydrogen-bond acceptors (Lipinski definition) is 5. The molecule has 1 aromatic carbocycles. The first-order chi connectivity index (χ1) is 11.8. The van der Waals surface area contributed by atoms with Crippen molar-refractivity contribution in [1.82, 2.24) is 0 Å². The molecule has 0 fully saturated rings. The van der Waals surface area contributed by atoms with E-state index in [2.05, 4.69) is 5.32 Å². The molecule has 1 amide bonds. The monoisotopic (exact) mass is 361 g/mol. The summed E-state index contributed by atoms with van der Waals surface area (Å²) in [4.78, 5) is 35.9. The van der Waals surface area contributed by atoms with E-state index in [-0.39, 0.29) is 39.4 Å². The fourth-order valence-corrected chi connectivity index (χ4v) is 3.19. The van der Waals surface area contributed by atoms with Gasteiger partial charge in [0.1, 0.15) is 16.5 Å². The Kier molecular flexibility index (Phi) is 5.93. The predicted molar refractivity (Wildman–Crippen MR) is 95.0 cm³/mol. The van der Waals surface area contributed by atoms with Gasteiger partial charge in [0.25, 0.3) is 0 Å². The number of carbonyl (C=O) groups excluding carboxylic acids is 2. The lowest BCUT2D eigenvalue weighted by Gasteiger charge is -2.06. The third kappa shape index (κ3) is 4.45. The molecule has 0 aliphatic heterocycles. The second-order valence-electron chi connectivity index (χ2n) is 5.77. The van der Waals surface area contributed by atoms with Gasteiger partial charge in [-0.3, -0.25) is 4.79 Å². The lowest BCUT2D eigenvalue weighted by Crippen LogP contribution is -2.18. The normalized spacial score (nSPS) is 10.6. The Hall–Kier alpha value is -2.67. The highest BCUT2D eigenvalue weighted by Gasteiger charge is 2.26. The number of carboxylic acids is 1. The van der Waals surface area contributed by atoms with Gasteiger partial charge in [-0.2, -0.15) is 0 Å². The molecule has 1 aromatic heterocycles. The van der Waals surface area contributed by atoms with Crippen molar-refractivity contribution in [2.24, 2.45) is 5.92 Å². The quantitative estimate of drug-likeness (QED) is 0.765. The summed E-state index contributed by atoms with van der Waals surface area (Å²) in [7, 11) is 0. The Balaban J connectivity index is 2.23. The van der Waals surface area contributed by atoms with Crippen molar-refractivity contribution < 1.29 is 24.2 Å². The number of carbonyl (C=O) groups is 3. The van der Waals surface area contributed by atoms with E-state index in [1.54, 1.807) is 13.8 Å². The number of amides is 1. The van der Waals surface area contributed by atoms with Crippen LogP contribution < -0.4 is 5.32 Å². The van der Waals surface area contributed by atoms with Gasteiger partial charge in [-0.15, -0.1) is 11.3 Å². The number of nitrogens with one attached hydrogen (secondary N) is 1. The summed E-state index contributed by atoms with van der Waals surface area (Å²) < 4.78 is 5.26. The van der Waals surface area contributed by atoms with Crippen LogP contribution in [0.1, 0.15) is 45.0 Å². The van der Waals surface area contributed by atoms with Crippen molar-refractivity contribution in [1.29, 1.82) is 0 Å². The van der Waals surface area contributed by atoms with E-state index in [1.165, 1.54) is 6.92 Å². The van der Waals surface area contributed by atoms with Gasteiger partial charge in [-0.25, -0.2) is 9.59 Å². The second-order valence-corrected chi connectivity index (χ2v) is 6.79. The number of thiophene rings is 1. The van der Waals surface area contributed by atoms with Gasteiger partial charge in [0.05, 0.1) is 5.56 Å². The smallest absolute Gasteiger partial charge is 0.349 e. The summed E-state index contributed by atoms with van der Waals surface area (Å²) in [6.07, 6.45) is 0. The molecule has 2 rings (SSSR count). The standard InChI is InChI=1S/C18H19NO5S/c1-10(2)15(20)19-16-13(17(21)22)11(3)14(25-16)18(23)24-9-12-7-5-4-6-8-12/h4-8,10H,9H2,1-3H3,(H,19,20)(H,21,22). The van der Waals surface area contributed by atoms with Crippen LogP contribution in [0.5, 0.6) is 0 Å². The average Bonchev–Trinajstić information content (AvgIpc) is 2.89. The SMILES string of the molecule is Cc1c(C(=O)OCc2ccccc2)sc(NC(=O)C(C)C)c1C(=O)O. The molecule has 0 spiro atoms. The number of rotatable bonds is 6. The minimum atomic E-state index is -1.20. The van der Waals surface area contributed by atoms with E-state index in [0.717, 1.165) is 16.9 Å². The van der Waals surface area contributed by atoms with Gasteiger partial charge in [-0.1, -0.05) is 44.2 Å². The Morgan fingerprint density at radius 2 is 1.84 bits per heavy atom. The number of anilines is 1. The first-order valence-corrected chi connectivity index (χ1v) is 8.51. The number of benzene rings is 1. The molecular formula is C18H19NO5S. The Labute approximate surface area is 149 Å². The van der Waals surface area contributed by atoms with Crippen LogP contribution in [0, 0.1) is 12.8 Å². The Morgan fingerprint density at radius 3 is 2.40 bits per heavy atom. The zero-order valence-corrected chi connectivity index (χ0v) is 15.0. The fraction of sp³-hybridized carbons (Fsp3) is 0.278. The van der Waals surface area contributed by atoms with E-state index in [4.69, 9.17) is 4.74 Å². The van der Waals surface area contributed by atoms with Crippen LogP contribution in [-0.4, -0.2) is 23.0 Å². The average molecular weight is 361 g/mol. The number of carboxylic acid groups (broad SMARTS) is 1. The van der Waals surface area contributed by atoms with Crippen LogP contribution in [0.4, 0.5) is 5.00 Å². The zero-order valence-electron chi connectivity index (χ0n) is 14.2. The van der Waals surface area contributed by atoms with Crippen molar-refractivity contribution in [2.45, 2.75) is 27.4 Å². The largest absolute Gasteiger partial charge is 0.478 e. The molecule has 0 unspecified atom stereocenters. The summed E-state index contributed by atoms with van der Waals surface area (Å²) in [5.74, 6) is -2.43. The molecule has 1 heterocycles. The van der Waals surface area contributed by atoms with E-state index < -0.39 is 11.9 Å². The molecule has 0 aliphatic rings. The molecule has 132 valence electrons. The summed E-state index contributed by atoms with van der Waals surface area (Å²) in [5, 5.41) is 12.1. The molecule has 0 aliphatic carbocycles. The minimum absolute atomic E-state index is 0.0781. The molecule has 0 saturated heterocycles. The van der Waals surface area contributed by atoms with Crippen LogP contribution in [0.3, 0.4) is 0 Å². The van der Waals surface area contributed by atoms with Gasteiger partial charge < -0.3 is 15.2 Å². The van der Waals surface area contributed by atoms with Crippen LogP contribution >= 0.6 is 11.3 Å². The van der Waals surface area contributed by atoms with Crippen LogP contribution in [-0.2, 0) is 16.1 Å². The maximum Gasteiger partial charge on any atom is 0.349 e. The van der Waals surface area contributed by atoms with E-state index in [9.17, 15) is 19.5 Å². The molecule has 2 N–H and O–H groups in total. The minimum Gasteiger partial charge on any atom is -0.478 e. The summed E-state index contributed by atoms with van der Waals surface area (Å²) in [5.41, 5.74) is 1.04. The van der Waals surface area contributed by atoms with Gasteiger partial charge >= 0.3 is 11.9 Å².